The predicted octanol–water partition coefficient (Wildman–Crippen LogP) is 2.06. The van der Waals surface area contributed by atoms with Crippen molar-refractivity contribution in [3.05, 3.63) is 86.1 Å². The molecular formula is C21H28F2N10O16P4S2. The van der Waals surface area contributed by atoms with Gasteiger partial charge in [-0.05, 0) is 24.9 Å². The first-order chi connectivity index (χ1) is 25.3. The summed E-state index contributed by atoms with van der Waals surface area (Å²) >= 11 is 9.05. The summed E-state index contributed by atoms with van der Waals surface area (Å²) in [5.41, 5.74) is 14.8. The molecule has 4 heterocycles. The van der Waals surface area contributed by atoms with Gasteiger partial charge in [-0.3, -0.25) is 28.7 Å². The lowest BCUT2D eigenvalue weighted by Crippen LogP contribution is -2.33. The van der Waals surface area contributed by atoms with Crippen LogP contribution in [0, 0.1) is 13.8 Å². The highest BCUT2D eigenvalue weighted by Crippen LogP contribution is 2.84. The Hall–Kier alpha value is -2.54. The van der Waals surface area contributed by atoms with Crippen LogP contribution in [0.2, 0.25) is 0 Å². The van der Waals surface area contributed by atoms with E-state index >= 15 is 8.78 Å². The van der Waals surface area contributed by atoms with E-state index in [0.29, 0.717) is 0 Å². The predicted molar refractivity (Wildman–Crippen MR) is 187 cm³/mol. The highest BCUT2D eigenvalue weighted by atomic mass is 32.7. The maximum Gasteiger partial charge on any atom is 0.450 e. The molecule has 2 aliphatic rings. The molecule has 2 aliphatic heterocycles. The van der Waals surface area contributed by atoms with E-state index in [-0.39, 0.29) is 24.0 Å². The second-order valence-electron chi connectivity index (χ2n) is 11.5. The molecule has 4 unspecified atom stereocenters. The second kappa shape index (κ2) is 17.1. The van der Waals surface area contributed by atoms with Crippen LogP contribution in [0.4, 0.5) is 8.78 Å². The molecule has 2 saturated heterocycles. The highest BCUT2D eigenvalue weighted by Gasteiger charge is 2.72. The van der Waals surface area contributed by atoms with E-state index in [2.05, 4.69) is 53.2 Å². The number of H-pyrrole nitrogens is 2. The number of hydrogen-bond acceptors (Lipinski definition) is 18. The SMILES string of the molecule is Cc1cn([C@H]2C[C@H](N=[N+]=[N-])[C@@H](CO[P+](O)([S-])OP(=O)(O)C(F)(F)P(=O)(O)O[P+](O)([S-])OC[C@H]3O[C@@H](n4cc(C)c(=O)[nH]c4=O)C[C@@H]3N=[N+]=[N-])O2)c(=O)[nH]c1=O. The number of halogens is 2. The van der Waals surface area contributed by atoms with Crippen LogP contribution in [0.15, 0.2) is 41.8 Å². The minimum atomic E-state index is -6.94. The fraction of sp³-hybridized carbons (Fsp3) is 0.619. The topological polar surface area (TPSA) is 378 Å². The maximum absolute atomic E-state index is 15.2. The number of ether oxygens (including phenoxy) is 2. The van der Waals surface area contributed by atoms with Crippen LogP contribution in [0.3, 0.4) is 0 Å². The molecular weight excluding hydrogens is 874 g/mol. The Labute approximate surface area is 315 Å². The third-order valence-electron chi connectivity index (χ3n) is 7.63. The van der Waals surface area contributed by atoms with Gasteiger partial charge in [0, 0.05) is 46.2 Å². The van der Waals surface area contributed by atoms with Gasteiger partial charge in [0.1, 0.15) is 25.7 Å². The summed E-state index contributed by atoms with van der Waals surface area (Å²) in [7, 11) is -24.5. The van der Waals surface area contributed by atoms with Gasteiger partial charge in [0.05, 0.1) is 24.3 Å². The first-order valence-electron chi connectivity index (χ1n) is 14.8. The molecule has 0 amide bonds. The summed E-state index contributed by atoms with van der Waals surface area (Å²) in [5.74, 6) is 0. The Bertz CT molecular complexity index is 2080. The zero-order valence-corrected chi connectivity index (χ0v) is 32.8. The van der Waals surface area contributed by atoms with Crippen LogP contribution in [0.5, 0.6) is 0 Å². The van der Waals surface area contributed by atoms with Crippen LogP contribution in [-0.2, 0) is 60.8 Å². The fourth-order valence-electron chi connectivity index (χ4n) is 4.97. The van der Waals surface area contributed by atoms with Gasteiger partial charge in [0.25, 0.3) is 25.4 Å². The molecule has 26 nitrogen and oxygen atoms in total. The van der Waals surface area contributed by atoms with E-state index in [4.69, 9.17) is 29.6 Å². The van der Waals surface area contributed by atoms with E-state index in [1.807, 2.05) is 9.97 Å². The quantitative estimate of drug-likeness (QED) is 0.0461. The van der Waals surface area contributed by atoms with E-state index in [1.165, 1.54) is 13.8 Å². The monoisotopic (exact) mass is 902 g/mol. The first-order valence-corrected chi connectivity index (χ1v) is 23.1. The minimum Gasteiger partial charge on any atom is -0.459 e. The highest BCUT2D eigenvalue weighted by molar-refractivity contribution is 8.37. The Morgan fingerprint density at radius 2 is 1.20 bits per heavy atom. The van der Waals surface area contributed by atoms with Crippen molar-refractivity contribution < 1.29 is 64.6 Å². The number of rotatable bonds is 16. The molecule has 55 heavy (non-hydrogen) atoms. The molecule has 2 aromatic rings. The summed E-state index contributed by atoms with van der Waals surface area (Å²) in [6, 6.07) is -2.38. The average molecular weight is 903 g/mol. The van der Waals surface area contributed by atoms with Gasteiger partial charge in [-0.25, -0.2) is 28.5 Å². The van der Waals surface area contributed by atoms with Crippen molar-refractivity contribution in [1.29, 1.82) is 0 Å². The normalized spacial score (nSPS) is 27.2. The lowest BCUT2D eigenvalue weighted by molar-refractivity contribution is -0.0248. The van der Waals surface area contributed by atoms with Crippen LogP contribution in [0.25, 0.3) is 20.9 Å². The smallest absolute Gasteiger partial charge is 0.450 e. The number of aromatic amines is 2. The van der Waals surface area contributed by atoms with Gasteiger partial charge in [-0.2, -0.15) is 17.8 Å². The van der Waals surface area contributed by atoms with Crippen LogP contribution in [-0.4, -0.2) is 81.6 Å². The van der Waals surface area contributed by atoms with Crippen molar-refractivity contribution in [1.82, 2.24) is 19.1 Å². The minimum absolute atomic E-state index is 0.0868. The summed E-state index contributed by atoms with van der Waals surface area (Å²) < 4.78 is 86.5. The fourth-order valence-corrected chi connectivity index (χ4v) is 13.0. The van der Waals surface area contributed by atoms with E-state index < -0.39 is 107 Å². The van der Waals surface area contributed by atoms with Crippen molar-refractivity contribution in [2.24, 2.45) is 10.2 Å². The Kier molecular flexibility index (Phi) is 14.1. The van der Waals surface area contributed by atoms with Crippen LogP contribution < -0.4 is 22.5 Å². The summed E-state index contributed by atoms with van der Waals surface area (Å²) in [6.07, 6.45) is -3.48. The Morgan fingerprint density at radius 3 is 1.53 bits per heavy atom. The molecule has 34 heteroatoms. The van der Waals surface area contributed by atoms with Crippen LogP contribution >= 0.6 is 29.5 Å². The molecule has 6 N–H and O–H groups in total. The average Bonchev–Trinajstić information content (AvgIpc) is 3.65. The van der Waals surface area contributed by atoms with Gasteiger partial charge in [0.15, 0.2) is 0 Å². The van der Waals surface area contributed by atoms with E-state index in [9.17, 15) is 47.9 Å². The molecule has 10 atom stereocenters. The molecule has 0 bridgehead atoms. The van der Waals surface area contributed by atoms with Gasteiger partial charge in [-0.1, -0.05) is 10.2 Å². The van der Waals surface area contributed by atoms with Crippen molar-refractivity contribution >= 4 is 54.0 Å². The first kappa shape index (κ1) is 45.2. The summed E-state index contributed by atoms with van der Waals surface area (Å²) in [4.78, 5) is 98.1. The summed E-state index contributed by atoms with van der Waals surface area (Å²) in [5, 5.41) is 0.999. The van der Waals surface area contributed by atoms with Crippen LogP contribution in [0.1, 0.15) is 36.4 Å². The lowest BCUT2D eigenvalue weighted by atomic mass is 10.1. The van der Waals surface area contributed by atoms with Gasteiger partial charge in [0.2, 0.25) is 0 Å². The zero-order chi connectivity index (χ0) is 41.3. The van der Waals surface area contributed by atoms with Crippen molar-refractivity contribution in [3.63, 3.8) is 0 Å². The second-order valence-corrected chi connectivity index (χ2v) is 21.5. The molecule has 0 spiro atoms. The molecule has 0 aromatic carbocycles. The van der Waals surface area contributed by atoms with E-state index in [0.717, 1.165) is 21.5 Å². The standard InChI is InChI=1S/C21H28F2N10O16P4S2/c1-9-5-32(19(36)26-17(9)34)15-3-11(28-30-24)13(46-15)7-44-52(42,54)48-50(38,39)21(22,23)51(40,41)49-53(43,55)45-8-14-12(29-31-25)4-16(47-14)33-6-10(2)18(35)27-20(33)37/h5-6,11-16H,3-4,7-8H2,1-2H3,(H,38,39)(H,40,41)(H,42,54)(H,43,55)(H,26,34,36)(H,27,35,37)/t11-,12-,13+,14+,15+,16+,52?,53?/m0/s1. The summed E-state index contributed by atoms with van der Waals surface area (Å²) in [6.45, 7) is 0.744. The Balaban J connectivity index is 1.41. The molecule has 2 fully saturated rings. The van der Waals surface area contributed by atoms with Gasteiger partial charge >= 0.3 is 32.0 Å². The van der Waals surface area contributed by atoms with Crippen molar-refractivity contribution in [3.8, 4) is 0 Å². The molecule has 304 valence electrons. The number of aromatic nitrogens is 4. The number of alkyl halides is 2. The molecule has 0 radical (unpaired) electrons. The zero-order valence-electron chi connectivity index (χ0n) is 27.6. The maximum atomic E-state index is 15.2. The molecule has 0 aliphatic carbocycles. The number of azide groups is 2. The Morgan fingerprint density at radius 1 is 0.855 bits per heavy atom. The third kappa shape index (κ3) is 10.5. The number of aryl methyl sites for hydroxylation is 2. The third-order valence-corrected chi connectivity index (χ3v) is 16.7. The number of hydrogen-bond donors (Lipinski definition) is 6. The van der Waals surface area contributed by atoms with Crippen molar-refractivity contribution in [2.75, 3.05) is 13.2 Å². The number of nitrogens with zero attached hydrogens (tertiary/aromatic N) is 8. The van der Waals surface area contributed by atoms with E-state index in [1.54, 1.807) is 0 Å². The molecule has 4 rings (SSSR count). The molecule has 2 aromatic heterocycles. The lowest BCUT2D eigenvalue weighted by Gasteiger charge is -2.31. The largest absolute Gasteiger partial charge is 0.459 e. The van der Waals surface area contributed by atoms with Crippen molar-refractivity contribution in [2.45, 2.75) is 68.8 Å². The van der Waals surface area contributed by atoms with Gasteiger partial charge in [-0.15, -0.1) is 8.62 Å². The van der Waals surface area contributed by atoms with Gasteiger partial charge < -0.3 is 43.8 Å². The molecule has 0 saturated carbocycles. The number of nitrogens with one attached hydrogen (secondary N) is 2.